The molecule has 0 unspecified atom stereocenters. The Bertz CT molecular complexity index is 808. The number of Topliss-reactive ketones (excluding diaryl/α,β-unsaturated/α-hetero) is 1. The molecule has 1 aliphatic rings. The number of carbonyl (C=O) groups is 2. The lowest BCUT2D eigenvalue weighted by atomic mass is 9.93. The van der Waals surface area contributed by atoms with E-state index < -0.39 is 5.60 Å². The standard InChI is InChI=1S/C23H27NO3/c1-23(2,3)27-22(26)24-15-9-13-17-10-7-8-14-19(17)20(24)16-21(25)18-11-5-4-6-12-18/h4-8,10-12,14,20H,9,13,15-16H2,1-3H3/t20-/m0/s1. The highest BCUT2D eigenvalue weighted by Crippen LogP contribution is 2.33. The summed E-state index contributed by atoms with van der Waals surface area (Å²) in [4.78, 5) is 27.5. The quantitative estimate of drug-likeness (QED) is 0.704. The first-order valence-corrected chi connectivity index (χ1v) is 9.51. The highest BCUT2D eigenvalue weighted by atomic mass is 16.6. The molecule has 3 rings (SSSR count). The van der Waals surface area contributed by atoms with Crippen LogP contribution in [-0.4, -0.2) is 28.9 Å². The van der Waals surface area contributed by atoms with Crippen molar-refractivity contribution in [1.29, 1.82) is 0 Å². The number of ketones is 1. The van der Waals surface area contributed by atoms with E-state index in [-0.39, 0.29) is 24.3 Å². The number of ether oxygens (including phenoxy) is 1. The zero-order valence-electron chi connectivity index (χ0n) is 16.3. The summed E-state index contributed by atoms with van der Waals surface area (Å²) < 4.78 is 5.64. The van der Waals surface area contributed by atoms with Gasteiger partial charge in [-0.3, -0.25) is 4.79 Å². The van der Waals surface area contributed by atoms with Crippen LogP contribution in [0.15, 0.2) is 54.6 Å². The van der Waals surface area contributed by atoms with Gasteiger partial charge in [0.15, 0.2) is 5.78 Å². The molecule has 2 aromatic carbocycles. The van der Waals surface area contributed by atoms with E-state index in [1.807, 2.05) is 69.3 Å². The van der Waals surface area contributed by atoms with Crippen LogP contribution in [0.4, 0.5) is 4.79 Å². The number of rotatable bonds is 3. The maximum absolute atomic E-state index is 12.9. The molecule has 2 aromatic rings. The smallest absolute Gasteiger partial charge is 0.410 e. The van der Waals surface area contributed by atoms with Crippen LogP contribution in [-0.2, 0) is 11.2 Å². The van der Waals surface area contributed by atoms with Gasteiger partial charge in [-0.1, -0.05) is 54.6 Å². The van der Waals surface area contributed by atoms with Crippen molar-refractivity contribution in [3.63, 3.8) is 0 Å². The van der Waals surface area contributed by atoms with Crippen LogP contribution in [0.5, 0.6) is 0 Å². The molecule has 0 radical (unpaired) electrons. The van der Waals surface area contributed by atoms with E-state index >= 15 is 0 Å². The molecule has 4 heteroatoms. The van der Waals surface area contributed by atoms with Gasteiger partial charge in [0.05, 0.1) is 6.04 Å². The summed E-state index contributed by atoms with van der Waals surface area (Å²) in [7, 11) is 0. The Labute approximate surface area is 161 Å². The van der Waals surface area contributed by atoms with Crippen molar-refractivity contribution < 1.29 is 14.3 Å². The number of nitrogens with zero attached hydrogens (tertiary/aromatic N) is 1. The number of carbonyl (C=O) groups excluding carboxylic acids is 2. The van der Waals surface area contributed by atoms with Crippen molar-refractivity contribution in [1.82, 2.24) is 4.90 Å². The van der Waals surface area contributed by atoms with E-state index in [2.05, 4.69) is 6.07 Å². The van der Waals surface area contributed by atoms with Crippen LogP contribution in [0, 0.1) is 0 Å². The van der Waals surface area contributed by atoms with Crippen molar-refractivity contribution in [2.45, 2.75) is 51.7 Å². The summed E-state index contributed by atoms with van der Waals surface area (Å²) in [6, 6.07) is 17.0. The normalized spacial score (nSPS) is 17.0. The van der Waals surface area contributed by atoms with Crippen LogP contribution in [0.25, 0.3) is 0 Å². The molecule has 0 saturated heterocycles. The van der Waals surface area contributed by atoms with Crippen LogP contribution in [0.3, 0.4) is 0 Å². The van der Waals surface area contributed by atoms with E-state index in [1.54, 1.807) is 4.90 Å². The Morgan fingerprint density at radius 1 is 1.04 bits per heavy atom. The fourth-order valence-electron chi connectivity index (χ4n) is 3.53. The monoisotopic (exact) mass is 365 g/mol. The molecule has 1 amide bonds. The summed E-state index contributed by atoms with van der Waals surface area (Å²) in [5, 5.41) is 0. The molecule has 1 atom stereocenters. The van der Waals surface area contributed by atoms with Crippen LogP contribution in [0.2, 0.25) is 0 Å². The lowest BCUT2D eigenvalue weighted by molar-refractivity contribution is 0.0157. The van der Waals surface area contributed by atoms with Crippen molar-refractivity contribution in [2.75, 3.05) is 6.54 Å². The van der Waals surface area contributed by atoms with Crippen LogP contribution < -0.4 is 0 Å². The number of hydrogen-bond acceptors (Lipinski definition) is 3. The molecule has 0 aromatic heterocycles. The summed E-state index contributed by atoms with van der Waals surface area (Å²) in [5.74, 6) is 0.0332. The molecule has 4 nitrogen and oxygen atoms in total. The van der Waals surface area contributed by atoms with Gasteiger partial charge in [-0.2, -0.15) is 0 Å². The fourth-order valence-corrected chi connectivity index (χ4v) is 3.53. The predicted molar refractivity (Wildman–Crippen MR) is 106 cm³/mol. The first-order chi connectivity index (χ1) is 12.8. The van der Waals surface area contributed by atoms with Gasteiger partial charge < -0.3 is 9.64 Å². The third kappa shape index (κ3) is 4.76. The Morgan fingerprint density at radius 2 is 1.70 bits per heavy atom. The van der Waals surface area contributed by atoms with Gasteiger partial charge in [0, 0.05) is 18.5 Å². The van der Waals surface area contributed by atoms with Crippen molar-refractivity contribution >= 4 is 11.9 Å². The lowest BCUT2D eigenvalue weighted by Crippen LogP contribution is -2.40. The second-order valence-corrected chi connectivity index (χ2v) is 7.99. The molecule has 0 saturated carbocycles. The van der Waals surface area contributed by atoms with E-state index in [4.69, 9.17) is 4.74 Å². The van der Waals surface area contributed by atoms with E-state index in [0.717, 1.165) is 18.4 Å². The van der Waals surface area contributed by atoms with Gasteiger partial charge in [-0.05, 0) is 44.7 Å². The number of hydrogen-bond donors (Lipinski definition) is 0. The minimum Gasteiger partial charge on any atom is -0.444 e. The molecule has 0 fully saturated rings. The highest BCUT2D eigenvalue weighted by Gasteiger charge is 2.33. The zero-order valence-corrected chi connectivity index (χ0v) is 16.3. The topological polar surface area (TPSA) is 46.6 Å². The van der Waals surface area contributed by atoms with E-state index in [0.29, 0.717) is 12.1 Å². The SMILES string of the molecule is CC(C)(C)OC(=O)N1CCCc2ccccc2[C@@H]1CC(=O)c1ccccc1. The summed E-state index contributed by atoms with van der Waals surface area (Å²) in [6.07, 6.45) is 1.64. The molecule has 0 spiro atoms. The molecular weight excluding hydrogens is 338 g/mol. The maximum Gasteiger partial charge on any atom is 0.410 e. The second-order valence-electron chi connectivity index (χ2n) is 7.99. The van der Waals surface area contributed by atoms with Gasteiger partial charge in [-0.25, -0.2) is 4.79 Å². The molecule has 0 bridgehead atoms. The van der Waals surface area contributed by atoms with Gasteiger partial charge in [0.1, 0.15) is 5.60 Å². The van der Waals surface area contributed by atoms with Gasteiger partial charge in [0.2, 0.25) is 0 Å². The Balaban J connectivity index is 1.94. The molecule has 1 aliphatic heterocycles. The highest BCUT2D eigenvalue weighted by molar-refractivity contribution is 5.96. The summed E-state index contributed by atoms with van der Waals surface area (Å²) >= 11 is 0. The molecular formula is C23H27NO3. The van der Waals surface area contributed by atoms with Crippen molar-refractivity contribution in [2.24, 2.45) is 0 Å². The number of benzene rings is 2. The molecule has 27 heavy (non-hydrogen) atoms. The minimum atomic E-state index is -0.573. The number of amides is 1. The van der Waals surface area contributed by atoms with Crippen molar-refractivity contribution in [3.05, 3.63) is 71.3 Å². The Hall–Kier alpha value is -2.62. The first kappa shape index (κ1) is 19.2. The molecule has 0 aliphatic carbocycles. The van der Waals surface area contributed by atoms with E-state index in [9.17, 15) is 9.59 Å². The largest absolute Gasteiger partial charge is 0.444 e. The maximum atomic E-state index is 12.9. The summed E-state index contributed by atoms with van der Waals surface area (Å²) in [6.45, 7) is 6.17. The molecule has 1 heterocycles. The predicted octanol–water partition coefficient (Wildman–Crippen LogP) is 5.18. The third-order valence-corrected chi connectivity index (χ3v) is 4.74. The molecule has 142 valence electrons. The number of fused-ring (bicyclic) bond motifs is 1. The van der Waals surface area contributed by atoms with Crippen LogP contribution in [0.1, 0.15) is 61.1 Å². The minimum absolute atomic E-state index is 0.0332. The lowest BCUT2D eigenvalue weighted by Gasteiger charge is -2.33. The fraction of sp³-hybridized carbons (Fsp3) is 0.391. The van der Waals surface area contributed by atoms with E-state index in [1.165, 1.54) is 5.56 Å². The Kier molecular flexibility index (Phi) is 5.64. The van der Waals surface area contributed by atoms with Crippen molar-refractivity contribution in [3.8, 4) is 0 Å². The average Bonchev–Trinajstić information content (AvgIpc) is 2.81. The summed E-state index contributed by atoms with van der Waals surface area (Å²) in [5.41, 5.74) is 2.35. The van der Waals surface area contributed by atoms with Crippen LogP contribution >= 0.6 is 0 Å². The average molecular weight is 365 g/mol. The van der Waals surface area contributed by atoms with Gasteiger partial charge in [-0.15, -0.1) is 0 Å². The van der Waals surface area contributed by atoms with Gasteiger partial charge in [0.25, 0.3) is 0 Å². The zero-order chi connectivity index (χ0) is 19.4. The third-order valence-electron chi connectivity index (χ3n) is 4.74. The second kappa shape index (κ2) is 7.95. The first-order valence-electron chi connectivity index (χ1n) is 9.51. The van der Waals surface area contributed by atoms with Gasteiger partial charge >= 0.3 is 6.09 Å². The molecule has 0 N–H and O–H groups in total. The Morgan fingerprint density at radius 3 is 2.41 bits per heavy atom. The number of aryl methyl sites for hydroxylation is 1.